The largest absolute Gasteiger partial charge is 0.367 e. The topological polar surface area (TPSA) is 29.9 Å². The van der Waals surface area contributed by atoms with Crippen molar-refractivity contribution >= 4 is 17.6 Å². The Morgan fingerprint density at radius 1 is 1.67 bits per heavy atom. The van der Waals surface area contributed by atoms with E-state index in [0.717, 1.165) is 6.54 Å². The Hall–Kier alpha value is -0.640. The summed E-state index contributed by atoms with van der Waals surface area (Å²) >= 11 is 2.03. The van der Waals surface area contributed by atoms with E-state index in [1.165, 1.54) is 23.7 Å². The minimum absolute atomic E-state index is 0.637. The van der Waals surface area contributed by atoms with Crippen LogP contribution in [0.15, 0.2) is 12.3 Å². The second-order valence-electron chi connectivity index (χ2n) is 4.50. The highest BCUT2D eigenvalue weighted by Crippen LogP contribution is 2.21. The molecule has 0 saturated carbocycles. The smallest absolute Gasteiger partial charge is 0.124 e. The lowest BCUT2D eigenvalue weighted by atomic mass is 10.2. The van der Waals surface area contributed by atoms with Crippen LogP contribution in [0.2, 0.25) is 0 Å². The van der Waals surface area contributed by atoms with Crippen molar-refractivity contribution in [3.63, 3.8) is 0 Å². The summed E-state index contributed by atoms with van der Waals surface area (Å²) in [6, 6.07) is 2.71. The van der Waals surface area contributed by atoms with E-state index >= 15 is 0 Å². The maximum atomic E-state index is 4.35. The zero-order valence-electron chi connectivity index (χ0n) is 9.44. The van der Waals surface area contributed by atoms with E-state index in [1.807, 2.05) is 18.0 Å². The number of hydrogen-bond acceptors (Lipinski definition) is 3. The number of rotatable bonds is 4. The molecule has 1 aliphatic heterocycles. The third-order valence-corrected chi connectivity index (χ3v) is 3.70. The molecule has 1 fully saturated rings. The number of thioether (sulfide) groups is 1. The highest BCUT2D eigenvalue weighted by atomic mass is 32.2. The molecule has 84 valence electrons. The van der Waals surface area contributed by atoms with Crippen molar-refractivity contribution < 1.29 is 0 Å². The monoisotopic (exact) mass is 225 g/mol. The van der Waals surface area contributed by atoms with Crippen molar-refractivity contribution in [3.05, 3.63) is 12.3 Å². The molecule has 0 amide bonds. The van der Waals surface area contributed by atoms with Gasteiger partial charge >= 0.3 is 0 Å². The van der Waals surface area contributed by atoms with Crippen LogP contribution >= 0.6 is 11.8 Å². The Bertz CT molecular complexity index is 303. The molecule has 1 atom stereocenters. The molecule has 1 aromatic heterocycles. The zero-order chi connectivity index (χ0) is 10.7. The Morgan fingerprint density at radius 3 is 3.20 bits per heavy atom. The van der Waals surface area contributed by atoms with E-state index < -0.39 is 0 Å². The van der Waals surface area contributed by atoms with E-state index in [-0.39, 0.29) is 0 Å². The Balaban J connectivity index is 1.97. The third-order valence-electron chi connectivity index (χ3n) is 2.54. The van der Waals surface area contributed by atoms with Gasteiger partial charge in [0.15, 0.2) is 0 Å². The number of nitrogens with zero attached hydrogens (tertiary/aromatic N) is 2. The van der Waals surface area contributed by atoms with Gasteiger partial charge in [0.05, 0.1) is 6.20 Å². The average Bonchev–Trinajstić information content (AvgIpc) is 2.78. The summed E-state index contributed by atoms with van der Waals surface area (Å²) in [6.07, 6.45) is 3.16. The molecule has 2 heterocycles. The molecular weight excluding hydrogens is 206 g/mol. The van der Waals surface area contributed by atoms with Gasteiger partial charge in [-0.15, -0.1) is 0 Å². The molecular formula is C11H19N3S. The Morgan fingerprint density at radius 2 is 2.53 bits per heavy atom. The summed E-state index contributed by atoms with van der Waals surface area (Å²) in [4.78, 5) is 0. The first-order valence-electron chi connectivity index (χ1n) is 5.62. The molecule has 3 nitrogen and oxygen atoms in total. The van der Waals surface area contributed by atoms with Crippen LogP contribution in [0.4, 0.5) is 5.82 Å². The van der Waals surface area contributed by atoms with Crippen molar-refractivity contribution in [2.24, 2.45) is 5.92 Å². The van der Waals surface area contributed by atoms with Crippen LogP contribution in [0.5, 0.6) is 0 Å². The van der Waals surface area contributed by atoms with Gasteiger partial charge in [0.1, 0.15) is 5.82 Å². The van der Waals surface area contributed by atoms with Gasteiger partial charge in [-0.3, -0.25) is 0 Å². The van der Waals surface area contributed by atoms with Gasteiger partial charge in [-0.05, 0) is 18.1 Å². The van der Waals surface area contributed by atoms with Gasteiger partial charge in [0.25, 0.3) is 0 Å². The minimum Gasteiger partial charge on any atom is -0.367 e. The molecule has 0 aliphatic carbocycles. The van der Waals surface area contributed by atoms with Gasteiger partial charge in [-0.1, -0.05) is 13.8 Å². The quantitative estimate of drug-likeness (QED) is 0.853. The Kier molecular flexibility index (Phi) is 3.57. The van der Waals surface area contributed by atoms with Gasteiger partial charge in [-0.25, -0.2) is 4.68 Å². The lowest BCUT2D eigenvalue weighted by molar-refractivity contribution is 0.485. The molecule has 15 heavy (non-hydrogen) atoms. The number of anilines is 1. The Labute approximate surface area is 95.6 Å². The lowest BCUT2D eigenvalue weighted by Gasteiger charge is -2.15. The molecule has 0 bridgehead atoms. The van der Waals surface area contributed by atoms with Crippen molar-refractivity contribution in [3.8, 4) is 0 Å². The summed E-state index contributed by atoms with van der Waals surface area (Å²) in [5.74, 6) is 4.34. The fourth-order valence-electron chi connectivity index (χ4n) is 1.80. The third kappa shape index (κ3) is 2.91. The van der Waals surface area contributed by atoms with E-state index in [1.54, 1.807) is 0 Å². The normalized spacial score (nSPS) is 21.1. The van der Waals surface area contributed by atoms with Crippen LogP contribution in [0.1, 0.15) is 20.3 Å². The molecule has 0 radical (unpaired) electrons. The predicted molar refractivity (Wildman–Crippen MR) is 66.4 cm³/mol. The first kappa shape index (κ1) is 10.9. The molecule has 2 rings (SSSR count). The summed E-state index contributed by atoms with van der Waals surface area (Å²) in [5.41, 5.74) is 0. The summed E-state index contributed by atoms with van der Waals surface area (Å²) in [6.45, 7) is 5.43. The highest BCUT2D eigenvalue weighted by Gasteiger charge is 2.16. The van der Waals surface area contributed by atoms with E-state index in [2.05, 4.69) is 35.0 Å². The van der Waals surface area contributed by atoms with Crippen molar-refractivity contribution in [2.45, 2.75) is 32.9 Å². The van der Waals surface area contributed by atoms with Gasteiger partial charge in [0, 0.05) is 24.4 Å². The van der Waals surface area contributed by atoms with Crippen LogP contribution in [-0.4, -0.2) is 27.3 Å². The lowest BCUT2D eigenvalue weighted by Crippen LogP contribution is -2.21. The maximum absolute atomic E-state index is 4.35. The molecule has 4 heteroatoms. The molecule has 1 N–H and O–H groups in total. The van der Waals surface area contributed by atoms with E-state index in [9.17, 15) is 0 Å². The summed E-state index contributed by atoms with van der Waals surface area (Å²) in [7, 11) is 0. The molecule has 1 saturated heterocycles. The van der Waals surface area contributed by atoms with Gasteiger partial charge in [0.2, 0.25) is 0 Å². The van der Waals surface area contributed by atoms with Crippen molar-refractivity contribution in [1.82, 2.24) is 9.78 Å². The van der Waals surface area contributed by atoms with Gasteiger partial charge in [-0.2, -0.15) is 16.9 Å². The molecule has 0 aromatic carbocycles. The summed E-state index contributed by atoms with van der Waals surface area (Å²) in [5, 5.41) is 7.92. The fraction of sp³-hybridized carbons (Fsp3) is 0.727. The standard InChI is InChI=1S/C11H19N3S/c1-9(2)7-14-11(3-5-12-14)13-10-4-6-15-8-10/h3,5,9-10,13H,4,6-8H2,1-2H3. The predicted octanol–water partition coefficient (Wildman–Crippen LogP) is 2.46. The second kappa shape index (κ2) is 4.92. The van der Waals surface area contributed by atoms with Crippen molar-refractivity contribution in [2.75, 3.05) is 16.8 Å². The highest BCUT2D eigenvalue weighted by molar-refractivity contribution is 7.99. The average molecular weight is 225 g/mol. The first-order chi connectivity index (χ1) is 7.25. The fourth-order valence-corrected chi connectivity index (χ4v) is 2.96. The van der Waals surface area contributed by atoms with E-state index in [4.69, 9.17) is 0 Å². The number of aromatic nitrogens is 2. The van der Waals surface area contributed by atoms with Crippen LogP contribution in [0.3, 0.4) is 0 Å². The second-order valence-corrected chi connectivity index (χ2v) is 5.65. The number of hydrogen-bond donors (Lipinski definition) is 1. The van der Waals surface area contributed by atoms with Crippen LogP contribution < -0.4 is 5.32 Å². The van der Waals surface area contributed by atoms with Crippen LogP contribution in [0.25, 0.3) is 0 Å². The van der Waals surface area contributed by atoms with Crippen LogP contribution in [-0.2, 0) is 6.54 Å². The first-order valence-corrected chi connectivity index (χ1v) is 6.77. The van der Waals surface area contributed by atoms with Crippen LogP contribution in [0, 0.1) is 5.92 Å². The minimum atomic E-state index is 0.637. The SMILES string of the molecule is CC(C)Cn1nccc1NC1CCSC1. The summed E-state index contributed by atoms with van der Waals surface area (Å²) < 4.78 is 2.08. The zero-order valence-corrected chi connectivity index (χ0v) is 10.3. The van der Waals surface area contributed by atoms with Gasteiger partial charge < -0.3 is 5.32 Å². The van der Waals surface area contributed by atoms with Crippen molar-refractivity contribution in [1.29, 1.82) is 0 Å². The molecule has 1 aromatic rings. The molecule has 0 spiro atoms. The maximum Gasteiger partial charge on any atom is 0.124 e. The number of nitrogens with one attached hydrogen (secondary N) is 1. The molecule has 1 aliphatic rings. The molecule has 1 unspecified atom stereocenters. The van der Waals surface area contributed by atoms with E-state index in [0.29, 0.717) is 12.0 Å².